The summed E-state index contributed by atoms with van der Waals surface area (Å²) < 4.78 is 11.6. The van der Waals surface area contributed by atoms with Crippen molar-refractivity contribution in [1.29, 1.82) is 0 Å². The Bertz CT molecular complexity index is 1470. The monoisotopic (exact) mass is 524 g/mol. The van der Waals surface area contributed by atoms with Crippen LogP contribution in [0.5, 0.6) is 0 Å². The summed E-state index contributed by atoms with van der Waals surface area (Å²) >= 11 is 5.96. The van der Waals surface area contributed by atoms with Crippen LogP contribution in [0, 0.1) is 0 Å². The third kappa shape index (κ3) is 5.37. The maximum absolute atomic E-state index is 13.7. The van der Waals surface area contributed by atoms with Gasteiger partial charge in [-0.05, 0) is 48.2 Å². The van der Waals surface area contributed by atoms with Crippen LogP contribution >= 0.6 is 11.6 Å². The predicted octanol–water partition coefficient (Wildman–Crippen LogP) is 7.13. The smallest absolute Gasteiger partial charge is 0.340 e. The lowest BCUT2D eigenvalue weighted by molar-refractivity contribution is -0.139. The van der Waals surface area contributed by atoms with Crippen molar-refractivity contribution < 1.29 is 19.1 Å². The fourth-order valence-corrected chi connectivity index (χ4v) is 4.96. The number of carbonyl (C=O) groups is 2. The number of nitrogens with zero attached hydrogens (tertiary/aromatic N) is 2. The minimum atomic E-state index is -0.681. The van der Waals surface area contributed by atoms with E-state index in [9.17, 15) is 9.59 Å². The molecule has 190 valence electrons. The highest BCUT2D eigenvalue weighted by atomic mass is 35.5. The van der Waals surface area contributed by atoms with Gasteiger partial charge in [0.1, 0.15) is 17.3 Å². The number of Topliss-reactive ketones (excluding diaryl/α,β-unsaturated/α-hetero) is 1. The molecule has 0 saturated heterocycles. The molecule has 3 aromatic rings. The van der Waals surface area contributed by atoms with Gasteiger partial charge < -0.3 is 9.47 Å². The summed E-state index contributed by atoms with van der Waals surface area (Å²) in [6.45, 7) is 1.89. The third-order valence-electron chi connectivity index (χ3n) is 6.55. The van der Waals surface area contributed by atoms with Gasteiger partial charge in [0.05, 0.1) is 18.2 Å². The summed E-state index contributed by atoms with van der Waals surface area (Å²) in [7, 11) is 0. The van der Waals surface area contributed by atoms with Crippen molar-refractivity contribution >= 4 is 35.0 Å². The number of aliphatic imine (C=N–C) groups is 2. The average Bonchev–Trinajstić information content (AvgIpc) is 2.94. The molecule has 0 aromatic heterocycles. The number of rotatable bonds is 6. The molecule has 2 aliphatic rings. The highest BCUT2D eigenvalue weighted by Crippen LogP contribution is 2.48. The number of hydrogen-bond acceptors (Lipinski definition) is 6. The van der Waals surface area contributed by atoms with Crippen LogP contribution in [0.4, 0.5) is 5.69 Å². The Labute approximate surface area is 226 Å². The number of allylic oxidation sites excluding steroid dienone is 2. The molecule has 0 fully saturated rings. The van der Waals surface area contributed by atoms with Crippen molar-refractivity contribution in [2.45, 2.75) is 31.6 Å². The molecule has 1 aliphatic heterocycles. The normalized spacial score (nSPS) is 18.7. The Balaban J connectivity index is 1.63. The molecule has 2 atom stereocenters. The quantitative estimate of drug-likeness (QED) is 0.254. The van der Waals surface area contributed by atoms with Crippen molar-refractivity contribution in [3.63, 3.8) is 0 Å². The van der Waals surface area contributed by atoms with E-state index in [1.165, 1.54) is 0 Å². The Morgan fingerprint density at radius 2 is 1.61 bits per heavy atom. The molecule has 1 heterocycles. The van der Waals surface area contributed by atoms with E-state index in [2.05, 4.69) is 16.0 Å². The van der Waals surface area contributed by atoms with Gasteiger partial charge in [-0.1, -0.05) is 72.3 Å². The molecular formula is C31H25ClN2O4. The van der Waals surface area contributed by atoms with Gasteiger partial charge >= 0.3 is 5.97 Å². The first-order valence-electron chi connectivity index (χ1n) is 12.4. The van der Waals surface area contributed by atoms with E-state index in [0.29, 0.717) is 34.9 Å². The summed E-state index contributed by atoms with van der Waals surface area (Å²) in [4.78, 5) is 35.5. The van der Waals surface area contributed by atoms with Crippen LogP contribution in [0.2, 0.25) is 5.02 Å². The van der Waals surface area contributed by atoms with Gasteiger partial charge in [0, 0.05) is 23.4 Å². The number of ketones is 1. The molecule has 5 rings (SSSR count). The first-order chi connectivity index (χ1) is 18.5. The van der Waals surface area contributed by atoms with E-state index in [-0.39, 0.29) is 29.8 Å². The summed E-state index contributed by atoms with van der Waals surface area (Å²) in [6, 6.07) is 28.8. The van der Waals surface area contributed by atoms with Crippen LogP contribution < -0.4 is 0 Å². The highest BCUT2D eigenvalue weighted by Gasteiger charge is 2.44. The highest BCUT2D eigenvalue weighted by molar-refractivity contribution is 6.30. The van der Waals surface area contributed by atoms with Gasteiger partial charge in [-0.2, -0.15) is 4.99 Å². The Morgan fingerprint density at radius 3 is 2.26 bits per heavy atom. The molecule has 7 heteroatoms. The number of carbonyl (C=O) groups excluding carboxylic acids is 2. The second kappa shape index (κ2) is 11.4. The molecule has 0 N–H and O–H groups in total. The van der Waals surface area contributed by atoms with Crippen LogP contribution in [0.25, 0.3) is 0 Å². The fourth-order valence-electron chi connectivity index (χ4n) is 4.83. The molecule has 0 radical (unpaired) electrons. The number of ether oxygens (including phenoxy) is 2. The van der Waals surface area contributed by atoms with Crippen molar-refractivity contribution in [1.82, 2.24) is 0 Å². The number of hydrogen-bond donors (Lipinski definition) is 0. The Morgan fingerprint density at radius 1 is 0.947 bits per heavy atom. The minimum Gasteiger partial charge on any atom is -0.462 e. The second-order valence-electron chi connectivity index (χ2n) is 8.96. The lowest BCUT2D eigenvalue weighted by Gasteiger charge is -2.34. The van der Waals surface area contributed by atoms with Crippen molar-refractivity contribution in [3.8, 4) is 0 Å². The van der Waals surface area contributed by atoms with Crippen molar-refractivity contribution in [3.05, 3.63) is 124 Å². The second-order valence-corrected chi connectivity index (χ2v) is 9.40. The molecule has 38 heavy (non-hydrogen) atoms. The summed E-state index contributed by atoms with van der Waals surface area (Å²) in [5, 5.41) is 0.587. The molecule has 0 bridgehead atoms. The zero-order valence-corrected chi connectivity index (χ0v) is 21.5. The maximum atomic E-state index is 13.7. The maximum Gasteiger partial charge on any atom is 0.340 e. The standard InChI is InChI=1S/C31H25ClN2O4/c1-2-37-31(36)29-27(21-11-7-4-8-12-21)28-25(35)17-22(20-9-5-3-6-10-20)18-26(28)38-30(29)34-19-33-24-15-13-23(32)14-16-24/h3-16,22,27H,2,17-18H2,1H3. The average molecular weight is 525 g/mol. The molecule has 3 aromatic carbocycles. The number of benzene rings is 3. The van der Waals surface area contributed by atoms with Gasteiger partial charge in [-0.3, -0.25) is 4.79 Å². The van der Waals surface area contributed by atoms with Gasteiger partial charge in [-0.15, -0.1) is 4.99 Å². The minimum absolute atomic E-state index is 0.0234. The predicted molar refractivity (Wildman–Crippen MR) is 145 cm³/mol. The SMILES string of the molecule is CCOC(=O)C1=C(N=C=Nc2ccc(Cl)cc2)OC2=C(C(=O)CC(c3ccccc3)C2)C1c1ccccc1. The van der Waals surface area contributed by atoms with E-state index in [4.69, 9.17) is 21.1 Å². The third-order valence-corrected chi connectivity index (χ3v) is 6.80. The van der Waals surface area contributed by atoms with Crippen molar-refractivity contribution in [2.75, 3.05) is 6.61 Å². The van der Waals surface area contributed by atoms with Crippen molar-refractivity contribution in [2.24, 2.45) is 9.98 Å². The molecule has 2 unspecified atom stereocenters. The van der Waals surface area contributed by atoms with Gasteiger partial charge in [0.25, 0.3) is 0 Å². The summed E-state index contributed by atoms with van der Waals surface area (Å²) in [6.07, 6.45) is 0.820. The topological polar surface area (TPSA) is 77.3 Å². The first kappa shape index (κ1) is 25.4. The van der Waals surface area contributed by atoms with E-state index in [1.54, 1.807) is 31.2 Å². The van der Waals surface area contributed by atoms with Crippen LogP contribution in [0.15, 0.2) is 118 Å². The number of esters is 1. The van der Waals surface area contributed by atoms with E-state index < -0.39 is 11.9 Å². The molecular weight excluding hydrogens is 500 g/mol. The van der Waals surface area contributed by atoms with Crippen LogP contribution in [0.3, 0.4) is 0 Å². The lowest BCUT2D eigenvalue weighted by atomic mass is 9.73. The molecule has 6 nitrogen and oxygen atoms in total. The van der Waals surface area contributed by atoms with Gasteiger partial charge in [-0.25, -0.2) is 4.79 Å². The molecule has 0 spiro atoms. The Kier molecular flexibility index (Phi) is 7.64. The van der Waals surface area contributed by atoms with Gasteiger partial charge in [0.15, 0.2) is 5.78 Å². The molecule has 0 saturated carbocycles. The Hall–Kier alpha value is -4.25. The van der Waals surface area contributed by atoms with Crippen LogP contribution in [-0.2, 0) is 19.1 Å². The molecule has 1 aliphatic carbocycles. The zero-order chi connectivity index (χ0) is 26.5. The summed E-state index contributed by atoms with van der Waals surface area (Å²) in [5.41, 5.74) is 3.05. The van der Waals surface area contributed by atoms with Gasteiger partial charge in [0.2, 0.25) is 5.88 Å². The van der Waals surface area contributed by atoms with E-state index in [0.717, 1.165) is 11.1 Å². The lowest BCUT2D eigenvalue weighted by Crippen LogP contribution is -2.31. The van der Waals surface area contributed by atoms with Crippen LogP contribution in [-0.4, -0.2) is 24.4 Å². The largest absolute Gasteiger partial charge is 0.462 e. The summed E-state index contributed by atoms with van der Waals surface area (Å²) in [5.74, 6) is -0.860. The zero-order valence-electron chi connectivity index (χ0n) is 20.8. The van der Waals surface area contributed by atoms with Crippen LogP contribution in [0.1, 0.15) is 42.7 Å². The number of halogens is 1. The van der Waals surface area contributed by atoms with E-state index >= 15 is 0 Å². The molecule has 0 amide bonds. The first-order valence-corrected chi connectivity index (χ1v) is 12.8. The fraction of sp³-hybridized carbons (Fsp3) is 0.194. The van der Waals surface area contributed by atoms with E-state index in [1.807, 2.05) is 60.7 Å².